The van der Waals surface area contributed by atoms with Gasteiger partial charge < -0.3 is 14.6 Å². The van der Waals surface area contributed by atoms with E-state index in [2.05, 4.69) is 9.97 Å². The van der Waals surface area contributed by atoms with Crippen LogP contribution in [0.15, 0.2) is 18.2 Å². The Morgan fingerprint density at radius 1 is 1.30 bits per heavy atom. The third kappa shape index (κ3) is 3.17. The fraction of sp³-hybridized carbons (Fsp3) is 0.467. The monoisotopic (exact) mass is 327 g/mol. The molecule has 2 aromatic rings. The molecule has 8 heteroatoms. The van der Waals surface area contributed by atoms with E-state index in [9.17, 15) is 18.0 Å². The van der Waals surface area contributed by atoms with Crippen LogP contribution in [0.4, 0.5) is 13.2 Å². The number of imidazole rings is 1. The number of alkyl halides is 3. The molecule has 0 bridgehead atoms. The molecule has 1 aromatic heterocycles. The molecule has 0 saturated carbocycles. The van der Waals surface area contributed by atoms with Crippen molar-refractivity contribution in [1.82, 2.24) is 14.9 Å². The molecule has 0 aliphatic carbocycles. The maximum atomic E-state index is 12.7. The van der Waals surface area contributed by atoms with Crippen LogP contribution in [0.5, 0.6) is 0 Å². The largest absolute Gasteiger partial charge is 0.449 e. The molecule has 1 fully saturated rings. The van der Waals surface area contributed by atoms with E-state index in [0.29, 0.717) is 18.7 Å². The summed E-state index contributed by atoms with van der Waals surface area (Å²) in [5.41, 5.74) is 0.700. The Hall–Kier alpha value is -2.09. The number of rotatable bonds is 1. The smallest absolute Gasteiger partial charge is 0.372 e. The fourth-order valence-electron chi connectivity index (χ4n) is 2.80. The predicted octanol–water partition coefficient (Wildman–Crippen LogP) is 2.83. The number of amides is 1. The minimum atomic E-state index is -4.54. The zero-order valence-electron chi connectivity index (χ0n) is 12.6. The van der Waals surface area contributed by atoms with Crippen molar-refractivity contribution in [3.63, 3.8) is 0 Å². The summed E-state index contributed by atoms with van der Waals surface area (Å²) in [6, 6.07) is 4.32. The number of carbonyl (C=O) groups is 1. The van der Waals surface area contributed by atoms with Crippen LogP contribution >= 0.6 is 0 Å². The standard InChI is InChI=1S/C15H16F3N3O2/c1-8-6-21(7-9(2)23-8)13(22)10-3-4-11-12(5-10)20-14(19-11)15(16,17)18/h3-5,8-9H,6-7H2,1-2H3,(H,19,20). The number of fused-ring (bicyclic) bond motifs is 1. The molecule has 0 spiro atoms. The highest BCUT2D eigenvalue weighted by molar-refractivity contribution is 5.97. The van der Waals surface area contributed by atoms with Crippen molar-refractivity contribution < 1.29 is 22.7 Å². The van der Waals surface area contributed by atoms with E-state index in [1.807, 2.05) is 13.8 Å². The van der Waals surface area contributed by atoms with Crippen LogP contribution in [0.1, 0.15) is 30.0 Å². The first-order valence-electron chi connectivity index (χ1n) is 7.25. The van der Waals surface area contributed by atoms with Crippen molar-refractivity contribution in [2.75, 3.05) is 13.1 Å². The maximum absolute atomic E-state index is 12.7. The topological polar surface area (TPSA) is 58.2 Å². The summed E-state index contributed by atoms with van der Waals surface area (Å²) >= 11 is 0. The molecule has 1 aromatic carbocycles. The Kier molecular flexibility index (Phi) is 3.79. The number of hydrogen-bond donors (Lipinski definition) is 1. The van der Waals surface area contributed by atoms with Crippen molar-refractivity contribution >= 4 is 16.9 Å². The van der Waals surface area contributed by atoms with Crippen LogP contribution in [0.25, 0.3) is 11.0 Å². The number of H-pyrrole nitrogens is 1. The van der Waals surface area contributed by atoms with E-state index >= 15 is 0 Å². The van der Waals surface area contributed by atoms with E-state index in [0.717, 1.165) is 0 Å². The summed E-state index contributed by atoms with van der Waals surface area (Å²) < 4.78 is 43.6. The number of hydrogen-bond acceptors (Lipinski definition) is 3. The third-order valence-electron chi connectivity index (χ3n) is 3.70. The van der Waals surface area contributed by atoms with Crippen molar-refractivity contribution in [2.45, 2.75) is 32.2 Å². The van der Waals surface area contributed by atoms with Crippen molar-refractivity contribution in [1.29, 1.82) is 0 Å². The molecule has 0 radical (unpaired) electrons. The molecule has 1 aliphatic heterocycles. The van der Waals surface area contributed by atoms with Gasteiger partial charge in [0.1, 0.15) is 0 Å². The Morgan fingerprint density at radius 3 is 2.57 bits per heavy atom. The number of nitrogens with zero attached hydrogens (tertiary/aromatic N) is 2. The van der Waals surface area contributed by atoms with Gasteiger partial charge >= 0.3 is 6.18 Å². The number of aromatic nitrogens is 2. The number of morpholine rings is 1. The summed E-state index contributed by atoms with van der Waals surface area (Å²) in [5.74, 6) is -1.29. The van der Waals surface area contributed by atoms with Crippen molar-refractivity contribution in [2.24, 2.45) is 0 Å². The van der Waals surface area contributed by atoms with Gasteiger partial charge in [-0.2, -0.15) is 13.2 Å². The van der Waals surface area contributed by atoms with Gasteiger partial charge in [-0.3, -0.25) is 4.79 Å². The first-order valence-corrected chi connectivity index (χ1v) is 7.25. The first kappa shape index (κ1) is 15.8. The lowest BCUT2D eigenvalue weighted by atomic mass is 10.1. The number of carbonyl (C=O) groups excluding carboxylic acids is 1. The number of nitrogens with one attached hydrogen (secondary N) is 1. The van der Waals surface area contributed by atoms with Crippen LogP contribution in [0, 0.1) is 0 Å². The summed E-state index contributed by atoms with van der Waals surface area (Å²) in [4.78, 5) is 19.9. The molecule has 2 unspecified atom stereocenters. The summed E-state index contributed by atoms with van der Waals surface area (Å²) in [7, 11) is 0. The normalized spacial score (nSPS) is 22.6. The van der Waals surface area contributed by atoms with Gasteiger partial charge in [0.2, 0.25) is 5.82 Å². The fourth-order valence-corrected chi connectivity index (χ4v) is 2.80. The van der Waals surface area contributed by atoms with Gasteiger partial charge in [-0.15, -0.1) is 0 Å². The van der Waals surface area contributed by atoms with Crippen LogP contribution in [-0.2, 0) is 10.9 Å². The van der Waals surface area contributed by atoms with E-state index in [1.54, 1.807) is 4.90 Å². The molecular formula is C15H16F3N3O2. The van der Waals surface area contributed by atoms with Crippen LogP contribution in [0.3, 0.4) is 0 Å². The lowest BCUT2D eigenvalue weighted by Crippen LogP contribution is -2.48. The van der Waals surface area contributed by atoms with Gasteiger partial charge in [0, 0.05) is 18.7 Å². The van der Waals surface area contributed by atoms with Crippen molar-refractivity contribution in [3.05, 3.63) is 29.6 Å². The molecular weight excluding hydrogens is 311 g/mol. The highest BCUT2D eigenvalue weighted by atomic mass is 19.4. The second-order valence-corrected chi connectivity index (χ2v) is 5.78. The number of halogens is 3. The second kappa shape index (κ2) is 5.52. The molecule has 5 nitrogen and oxygen atoms in total. The Bertz CT molecular complexity index is 731. The molecule has 2 heterocycles. The number of ether oxygens (including phenoxy) is 1. The second-order valence-electron chi connectivity index (χ2n) is 5.78. The zero-order valence-corrected chi connectivity index (χ0v) is 12.6. The average molecular weight is 327 g/mol. The lowest BCUT2D eigenvalue weighted by Gasteiger charge is -2.35. The molecule has 2 atom stereocenters. The van der Waals surface area contributed by atoms with Gasteiger partial charge in [0.15, 0.2) is 0 Å². The Morgan fingerprint density at radius 2 is 1.96 bits per heavy atom. The Balaban J connectivity index is 1.89. The third-order valence-corrected chi connectivity index (χ3v) is 3.70. The molecule has 1 saturated heterocycles. The molecule has 3 rings (SSSR count). The molecule has 1 aliphatic rings. The highest BCUT2D eigenvalue weighted by Gasteiger charge is 2.35. The highest BCUT2D eigenvalue weighted by Crippen LogP contribution is 2.29. The van der Waals surface area contributed by atoms with Crippen molar-refractivity contribution in [3.8, 4) is 0 Å². The molecule has 23 heavy (non-hydrogen) atoms. The number of aromatic amines is 1. The average Bonchev–Trinajstić information content (AvgIpc) is 2.88. The number of benzene rings is 1. The van der Waals surface area contributed by atoms with E-state index in [4.69, 9.17) is 4.74 Å². The van der Waals surface area contributed by atoms with E-state index < -0.39 is 12.0 Å². The van der Waals surface area contributed by atoms with E-state index in [-0.39, 0.29) is 29.1 Å². The SMILES string of the molecule is CC1CN(C(=O)c2ccc3nc(C(F)(F)F)[nH]c3c2)CC(C)O1. The summed E-state index contributed by atoms with van der Waals surface area (Å²) in [5, 5.41) is 0. The van der Waals surface area contributed by atoms with E-state index in [1.165, 1.54) is 18.2 Å². The van der Waals surface area contributed by atoms with Gasteiger partial charge in [-0.25, -0.2) is 4.98 Å². The van der Waals surface area contributed by atoms with Gasteiger partial charge in [0.25, 0.3) is 5.91 Å². The summed E-state index contributed by atoms with van der Waals surface area (Å²) in [6.07, 6.45) is -4.69. The van der Waals surface area contributed by atoms with Gasteiger partial charge in [-0.1, -0.05) is 0 Å². The van der Waals surface area contributed by atoms with Gasteiger partial charge in [-0.05, 0) is 32.0 Å². The first-order chi connectivity index (χ1) is 10.7. The lowest BCUT2D eigenvalue weighted by molar-refractivity contribution is -0.144. The summed E-state index contributed by atoms with van der Waals surface area (Å²) in [6.45, 7) is 4.67. The quantitative estimate of drug-likeness (QED) is 0.876. The van der Waals surface area contributed by atoms with Crippen LogP contribution in [-0.4, -0.2) is 46.1 Å². The minimum Gasteiger partial charge on any atom is -0.372 e. The molecule has 1 amide bonds. The predicted molar refractivity (Wildman–Crippen MR) is 77.0 cm³/mol. The molecule has 1 N–H and O–H groups in total. The van der Waals surface area contributed by atoms with Gasteiger partial charge in [0.05, 0.1) is 23.2 Å². The van der Waals surface area contributed by atoms with Crippen LogP contribution < -0.4 is 0 Å². The minimum absolute atomic E-state index is 0.0737. The molecule has 124 valence electrons. The maximum Gasteiger partial charge on any atom is 0.449 e. The Labute approximate surface area is 130 Å². The van der Waals surface area contributed by atoms with Crippen LogP contribution in [0.2, 0.25) is 0 Å². The zero-order chi connectivity index (χ0) is 16.8.